The van der Waals surface area contributed by atoms with E-state index in [4.69, 9.17) is 0 Å². The van der Waals surface area contributed by atoms with Gasteiger partial charge in [-0.15, -0.1) is 5.73 Å². The largest absolute Gasteiger partial charge is 0.313 e. The monoisotopic (exact) mass is 209 g/mol. The predicted molar refractivity (Wildman–Crippen MR) is 65.2 cm³/mol. The highest BCUT2D eigenvalue weighted by molar-refractivity contribution is 5.87. The van der Waals surface area contributed by atoms with E-state index >= 15 is 0 Å². The van der Waals surface area contributed by atoms with Crippen LogP contribution in [-0.2, 0) is 0 Å². The summed E-state index contributed by atoms with van der Waals surface area (Å²) in [4.78, 5) is 11.1. The number of carbonyl (C=O) groups excluding carboxylic acids is 1. The smallest absolute Gasteiger partial charge is 0.167 e. The Morgan fingerprint density at radius 3 is 2.56 bits per heavy atom. The van der Waals surface area contributed by atoms with Crippen molar-refractivity contribution in [2.24, 2.45) is 0 Å². The van der Waals surface area contributed by atoms with Gasteiger partial charge in [-0.2, -0.15) is 0 Å². The summed E-state index contributed by atoms with van der Waals surface area (Å²) in [5, 5.41) is 0. The maximum absolute atomic E-state index is 11.1. The second-order valence-electron chi connectivity index (χ2n) is 3.34. The quantitative estimate of drug-likeness (QED) is 0.562. The number of hydrogen-bond acceptors (Lipinski definition) is 1. The number of rotatable bonds is 3. The topological polar surface area (TPSA) is 22.0 Å². The molecule has 0 saturated heterocycles. The van der Waals surface area contributed by atoms with Gasteiger partial charge in [0, 0.05) is 11.8 Å². The molecule has 0 atom stereocenters. The lowest BCUT2D eigenvalue weighted by Crippen LogP contribution is -1.92. The average molecular weight is 209 g/mol. The molecule has 2 aromatic rings. The summed E-state index contributed by atoms with van der Waals surface area (Å²) in [5.74, 6) is 0. The Hall–Kier alpha value is -2.31. The molecule has 78 valence electrons. The first-order valence-corrected chi connectivity index (χ1v) is 4.94. The van der Waals surface area contributed by atoms with Crippen LogP contribution in [-0.4, -0.2) is 10.9 Å². The first kappa shape index (κ1) is 10.2. The molecule has 1 heterocycles. The molecule has 0 spiro atoms. The predicted octanol–water partition coefficient (Wildman–Crippen LogP) is 3.22. The second-order valence-corrected chi connectivity index (χ2v) is 3.34. The minimum absolute atomic E-state index is 0.613. The van der Waals surface area contributed by atoms with Crippen molar-refractivity contribution in [1.29, 1.82) is 0 Å². The van der Waals surface area contributed by atoms with E-state index in [0.29, 0.717) is 5.69 Å². The molecule has 0 unspecified atom stereocenters. The first-order chi connectivity index (χ1) is 7.86. The molecule has 0 fully saturated rings. The van der Waals surface area contributed by atoms with E-state index in [1.807, 2.05) is 42.6 Å². The Morgan fingerprint density at radius 1 is 1.19 bits per heavy atom. The molecule has 0 saturated carbocycles. The highest BCUT2D eigenvalue weighted by Crippen LogP contribution is 2.23. The van der Waals surface area contributed by atoms with Crippen LogP contribution in [0.1, 0.15) is 10.5 Å². The zero-order chi connectivity index (χ0) is 11.4. The third kappa shape index (κ3) is 1.74. The van der Waals surface area contributed by atoms with Crippen LogP contribution in [0.2, 0.25) is 0 Å². The van der Waals surface area contributed by atoms with E-state index in [1.54, 1.807) is 10.8 Å². The summed E-state index contributed by atoms with van der Waals surface area (Å²) in [5.41, 5.74) is 5.21. The number of carbonyl (C=O) groups is 1. The highest BCUT2D eigenvalue weighted by atomic mass is 16.1. The Morgan fingerprint density at radius 2 is 1.94 bits per heavy atom. The lowest BCUT2D eigenvalue weighted by molar-refractivity contribution is 0.111. The van der Waals surface area contributed by atoms with Gasteiger partial charge in [-0.25, -0.2) is 0 Å². The number of aromatic nitrogens is 1. The molecule has 0 aliphatic rings. The molecular formula is C14H11NO. The normalized spacial score (nSPS) is 9.50. The van der Waals surface area contributed by atoms with E-state index in [9.17, 15) is 4.79 Å². The average Bonchev–Trinajstić information content (AvgIpc) is 2.73. The fourth-order valence-corrected chi connectivity index (χ4v) is 1.66. The van der Waals surface area contributed by atoms with Crippen LogP contribution in [0.3, 0.4) is 0 Å². The third-order valence-electron chi connectivity index (χ3n) is 2.38. The van der Waals surface area contributed by atoms with Crippen LogP contribution in [0.15, 0.2) is 54.9 Å². The van der Waals surface area contributed by atoms with Gasteiger partial charge in [-0.1, -0.05) is 36.9 Å². The molecule has 0 aliphatic heterocycles. The van der Waals surface area contributed by atoms with Gasteiger partial charge in [0.15, 0.2) is 6.29 Å². The Balaban J connectivity index is 2.58. The van der Waals surface area contributed by atoms with Crippen molar-refractivity contribution in [3.05, 3.63) is 60.6 Å². The van der Waals surface area contributed by atoms with Gasteiger partial charge in [0.2, 0.25) is 0 Å². The number of hydrogen-bond donors (Lipinski definition) is 0. The van der Waals surface area contributed by atoms with Crippen molar-refractivity contribution in [2.45, 2.75) is 0 Å². The van der Waals surface area contributed by atoms with E-state index in [-0.39, 0.29) is 0 Å². The van der Waals surface area contributed by atoms with Crippen molar-refractivity contribution in [1.82, 2.24) is 4.57 Å². The van der Waals surface area contributed by atoms with E-state index < -0.39 is 0 Å². The zero-order valence-electron chi connectivity index (χ0n) is 8.76. The molecule has 1 aromatic carbocycles. The number of nitrogens with zero attached hydrogens (tertiary/aromatic N) is 1. The minimum atomic E-state index is 0.613. The van der Waals surface area contributed by atoms with Gasteiger partial charge in [-0.05, 0) is 11.6 Å². The standard InChI is InChI=1S/C14H11NO/c1-2-9-15-10-8-13(14(15)11-16)12-6-4-3-5-7-12/h3-11H,1H2. The fraction of sp³-hybridized carbons (Fsp3) is 0. The Bertz CT molecular complexity index is 545. The minimum Gasteiger partial charge on any atom is -0.313 e. The molecule has 0 aliphatic carbocycles. The molecule has 0 radical (unpaired) electrons. The van der Waals surface area contributed by atoms with Gasteiger partial charge in [0.1, 0.15) is 0 Å². The van der Waals surface area contributed by atoms with Crippen LogP contribution in [0, 0.1) is 0 Å². The molecule has 2 rings (SSSR count). The maximum atomic E-state index is 11.1. The van der Waals surface area contributed by atoms with Gasteiger partial charge in [0.25, 0.3) is 0 Å². The van der Waals surface area contributed by atoms with E-state index in [0.717, 1.165) is 17.4 Å². The Kier molecular flexibility index (Phi) is 2.86. The van der Waals surface area contributed by atoms with Crippen LogP contribution in [0.25, 0.3) is 17.3 Å². The zero-order valence-corrected chi connectivity index (χ0v) is 8.76. The molecule has 2 nitrogen and oxygen atoms in total. The van der Waals surface area contributed by atoms with Crippen LogP contribution >= 0.6 is 0 Å². The second kappa shape index (κ2) is 4.47. The van der Waals surface area contributed by atoms with Crippen LogP contribution in [0.5, 0.6) is 0 Å². The first-order valence-electron chi connectivity index (χ1n) is 4.94. The van der Waals surface area contributed by atoms with Crippen molar-refractivity contribution in [3.8, 4) is 11.1 Å². The maximum Gasteiger partial charge on any atom is 0.167 e. The number of aldehydes is 1. The fourth-order valence-electron chi connectivity index (χ4n) is 1.66. The van der Waals surface area contributed by atoms with Gasteiger partial charge >= 0.3 is 0 Å². The van der Waals surface area contributed by atoms with Gasteiger partial charge < -0.3 is 4.57 Å². The van der Waals surface area contributed by atoms with E-state index in [2.05, 4.69) is 12.3 Å². The Labute approximate surface area is 94.1 Å². The molecular weight excluding hydrogens is 198 g/mol. The summed E-state index contributed by atoms with van der Waals surface area (Å²) < 4.78 is 1.71. The molecule has 1 aromatic heterocycles. The molecule has 16 heavy (non-hydrogen) atoms. The van der Waals surface area contributed by atoms with Gasteiger partial charge in [-0.3, -0.25) is 4.79 Å². The SMILES string of the molecule is C=C=Cn1ccc(-c2ccccc2)c1C=O. The van der Waals surface area contributed by atoms with Gasteiger partial charge in [0.05, 0.1) is 11.9 Å². The number of benzene rings is 1. The summed E-state index contributed by atoms with van der Waals surface area (Å²) in [6.45, 7) is 3.50. The lowest BCUT2D eigenvalue weighted by atomic mass is 10.1. The van der Waals surface area contributed by atoms with Crippen LogP contribution < -0.4 is 0 Å². The molecule has 0 N–H and O–H groups in total. The molecule has 0 bridgehead atoms. The summed E-state index contributed by atoms with van der Waals surface area (Å²) in [7, 11) is 0. The van der Waals surface area contributed by atoms with Crippen molar-refractivity contribution in [3.63, 3.8) is 0 Å². The molecule has 2 heteroatoms. The molecule has 0 amide bonds. The van der Waals surface area contributed by atoms with Crippen molar-refractivity contribution < 1.29 is 4.79 Å². The summed E-state index contributed by atoms with van der Waals surface area (Å²) in [6.07, 6.45) is 4.30. The lowest BCUT2D eigenvalue weighted by Gasteiger charge is -2.00. The van der Waals surface area contributed by atoms with Crippen molar-refractivity contribution >= 4 is 12.5 Å². The summed E-state index contributed by atoms with van der Waals surface area (Å²) in [6, 6.07) is 11.7. The van der Waals surface area contributed by atoms with Crippen molar-refractivity contribution in [2.75, 3.05) is 0 Å². The van der Waals surface area contributed by atoms with Crippen LogP contribution in [0.4, 0.5) is 0 Å². The third-order valence-corrected chi connectivity index (χ3v) is 2.38. The highest BCUT2D eigenvalue weighted by Gasteiger charge is 2.07. The van der Waals surface area contributed by atoms with E-state index in [1.165, 1.54) is 0 Å². The summed E-state index contributed by atoms with van der Waals surface area (Å²) >= 11 is 0.